The number of halogens is 1. The van der Waals surface area contributed by atoms with Crippen LogP contribution in [-0.2, 0) is 0 Å². The summed E-state index contributed by atoms with van der Waals surface area (Å²) < 4.78 is 14.9. The molecule has 0 spiro atoms. The topological polar surface area (TPSA) is 43.8 Å². The molecule has 1 heterocycles. The number of para-hydroxylation sites is 1. The normalized spacial score (nSPS) is 10.4. The third-order valence-corrected chi connectivity index (χ3v) is 2.12. The molecule has 1 aromatic carbocycles. The molecule has 2 aromatic rings. The van der Waals surface area contributed by atoms with E-state index in [1.165, 1.54) is 6.07 Å². The van der Waals surface area contributed by atoms with Crippen molar-refractivity contribution in [2.75, 3.05) is 5.73 Å². The van der Waals surface area contributed by atoms with E-state index in [-0.39, 0.29) is 5.69 Å². The molecule has 0 aliphatic heterocycles. The molecule has 0 aliphatic carbocycles. The quantitative estimate of drug-likeness (QED) is 0.699. The van der Waals surface area contributed by atoms with Crippen LogP contribution in [0.15, 0.2) is 30.6 Å². The molecular weight excluding hydrogens is 181 g/mol. The van der Waals surface area contributed by atoms with Crippen LogP contribution in [-0.4, -0.2) is 9.55 Å². The van der Waals surface area contributed by atoms with Crippen LogP contribution >= 0.6 is 0 Å². The van der Waals surface area contributed by atoms with Crippen molar-refractivity contribution in [3.8, 4) is 5.69 Å². The summed E-state index contributed by atoms with van der Waals surface area (Å²) in [6.45, 7) is 1.84. The SMILES string of the molecule is Cc1nccn1-c1cccc(F)c1N. The fourth-order valence-corrected chi connectivity index (χ4v) is 1.37. The van der Waals surface area contributed by atoms with E-state index in [4.69, 9.17) is 5.73 Å². The van der Waals surface area contributed by atoms with Gasteiger partial charge in [0.2, 0.25) is 0 Å². The molecule has 0 atom stereocenters. The molecule has 3 nitrogen and oxygen atoms in total. The summed E-state index contributed by atoms with van der Waals surface area (Å²) in [5.41, 5.74) is 6.39. The van der Waals surface area contributed by atoms with Crippen molar-refractivity contribution in [2.45, 2.75) is 6.92 Å². The second-order valence-corrected chi connectivity index (χ2v) is 3.02. The van der Waals surface area contributed by atoms with Crippen LogP contribution in [0.3, 0.4) is 0 Å². The Hall–Kier alpha value is -1.84. The molecule has 0 radical (unpaired) electrons. The van der Waals surface area contributed by atoms with Gasteiger partial charge in [-0.2, -0.15) is 0 Å². The molecule has 0 amide bonds. The Bertz CT molecular complexity index is 462. The number of rotatable bonds is 1. The zero-order valence-electron chi connectivity index (χ0n) is 7.74. The summed E-state index contributed by atoms with van der Waals surface area (Å²) in [4.78, 5) is 4.05. The van der Waals surface area contributed by atoms with Gasteiger partial charge in [0, 0.05) is 12.4 Å². The van der Waals surface area contributed by atoms with Gasteiger partial charge in [-0.15, -0.1) is 0 Å². The lowest BCUT2D eigenvalue weighted by Gasteiger charge is -2.08. The molecule has 1 aromatic heterocycles. The number of anilines is 1. The lowest BCUT2D eigenvalue weighted by atomic mass is 10.2. The summed E-state index contributed by atoms with van der Waals surface area (Å²) >= 11 is 0. The summed E-state index contributed by atoms with van der Waals surface area (Å²) in [7, 11) is 0. The third kappa shape index (κ3) is 1.25. The van der Waals surface area contributed by atoms with Gasteiger partial charge in [0.15, 0.2) is 0 Å². The highest BCUT2D eigenvalue weighted by molar-refractivity contribution is 5.58. The minimum atomic E-state index is -0.407. The van der Waals surface area contributed by atoms with E-state index in [2.05, 4.69) is 4.98 Å². The van der Waals surface area contributed by atoms with Crippen LogP contribution in [0.25, 0.3) is 5.69 Å². The highest BCUT2D eigenvalue weighted by Gasteiger charge is 2.07. The zero-order valence-corrected chi connectivity index (χ0v) is 7.74. The monoisotopic (exact) mass is 191 g/mol. The van der Waals surface area contributed by atoms with Crippen molar-refractivity contribution in [3.63, 3.8) is 0 Å². The van der Waals surface area contributed by atoms with Gasteiger partial charge in [0.1, 0.15) is 11.6 Å². The van der Waals surface area contributed by atoms with E-state index < -0.39 is 5.82 Å². The summed E-state index contributed by atoms with van der Waals surface area (Å²) in [6.07, 6.45) is 3.40. The molecule has 0 fully saturated rings. The number of hydrogen-bond donors (Lipinski definition) is 1. The number of benzene rings is 1. The molecule has 0 unspecified atom stereocenters. The van der Waals surface area contributed by atoms with Crippen LogP contribution in [0.5, 0.6) is 0 Å². The van der Waals surface area contributed by atoms with E-state index >= 15 is 0 Å². The lowest BCUT2D eigenvalue weighted by molar-refractivity contribution is 0.631. The first-order chi connectivity index (χ1) is 6.70. The predicted octanol–water partition coefficient (Wildman–Crippen LogP) is 1.90. The number of nitrogen functional groups attached to an aromatic ring is 1. The molecule has 0 aliphatic rings. The van der Waals surface area contributed by atoms with E-state index in [0.717, 1.165) is 5.82 Å². The number of nitrogens with two attached hydrogens (primary N) is 1. The lowest BCUT2D eigenvalue weighted by Crippen LogP contribution is -2.02. The maximum absolute atomic E-state index is 13.1. The zero-order chi connectivity index (χ0) is 10.1. The third-order valence-electron chi connectivity index (χ3n) is 2.12. The Morgan fingerprint density at radius 2 is 2.21 bits per heavy atom. The molecule has 2 N–H and O–H groups in total. The first-order valence-electron chi connectivity index (χ1n) is 4.24. The standard InChI is InChI=1S/C10H10FN3/c1-7-13-5-6-14(7)9-4-2-3-8(11)10(9)12/h2-6H,12H2,1H3. The average molecular weight is 191 g/mol. The average Bonchev–Trinajstić information content (AvgIpc) is 2.57. The Morgan fingerprint density at radius 3 is 2.86 bits per heavy atom. The van der Waals surface area contributed by atoms with Crippen LogP contribution in [0.2, 0.25) is 0 Å². The Morgan fingerprint density at radius 1 is 1.43 bits per heavy atom. The minimum Gasteiger partial charge on any atom is -0.395 e. The summed E-state index contributed by atoms with van der Waals surface area (Å²) in [5, 5.41) is 0. The molecular formula is C10H10FN3. The number of nitrogens with zero attached hydrogens (tertiary/aromatic N) is 2. The van der Waals surface area contributed by atoms with Gasteiger partial charge < -0.3 is 10.3 Å². The highest BCUT2D eigenvalue weighted by Crippen LogP contribution is 2.20. The number of aromatic nitrogens is 2. The van der Waals surface area contributed by atoms with Gasteiger partial charge in [-0.3, -0.25) is 0 Å². The van der Waals surface area contributed by atoms with Crippen molar-refractivity contribution in [2.24, 2.45) is 0 Å². The minimum absolute atomic E-state index is 0.147. The summed E-state index contributed by atoms with van der Waals surface area (Å²) in [6, 6.07) is 4.72. The fraction of sp³-hybridized carbons (Fsp3) is 0.100. The largest absolute Gasteiger partial charge is 0.395 e. The van der Waals surface area contributed by atoms with Crippen molar-refractivity contribution in [1.82, 2.24) is 9.55 Å². The predicted molar refractivity (Wildman–Crippen MR) is 52.7 cm³/mol. The fourth-order valence-electron chi connectivity index (χ4n) is 1.37. The number of aryl methyl sites for hydroxylation is 1. The van der Waals surface area contributed by atoms with Crippen molar-refractivity contribution >= 4 is 5.69 Å². The van der Waals surface area contributed by atoms with Gasteiger partial charge in [0.05, 0.1) is 11.4 Å². The molecule has 2 rings (SSSR count). The Kier molecular flexibility index (Phi) is 1.96. The second-order valence-electron chi connectivity index (χ2n) is 3.02. The van der Waals surface area contributed by atoms with Gasteiger partial charge in [-0.1, -0.05) is 6.07 Å². The van der Waals surface area contributed by atoms with E-state index in [1.807, 2.05) is 6.92 Å². The van der Waals surface area contributed by atoms with Crippen LogP contribution in [0.1, 0.15) is 5.82 Å². The van der Waals surface area contributed by atoms with E-state index in [0.29, 0.717) is 5.69 Å². The second kappa shape index (κ2) is 3.14. The molecule has 0 bridgehead atoms. The Labute approximate surface area is 81.0 Å². The molecule has 14 heavy (non-hydrogen) atoms. The van der Waals surface area contributed by atoms with Crippen LogP contribution in [0.4, 0.5) is 10.1 Å². The number of imidazole rings is 1. The smallest absolute Gasteiger partial charge is 0.148 e. The van der Waals surface area contributed by atoms with Crippen LogP contribution < -0.4 is 5.73 Å². The first kappa shape index (κ1) is 8.74. The molecule has 0 saturated heterocycles. The van der Waals surface area contributed by atoms with Gasteiger partial charge >= 0.3 is 0 Å². The Balaban J connectivity index is 2.63. The van der Waals surface area contributed by atoms with E-state index in [1.54, 1.807) is 29.1 Å². The van der Waals surface area contributed by atoms with Gasteiger partial charge in [-0.25, -0.2) is 9.37 Å². The number of hydrogen-bond acceptors (Lipinski definition) is 2. The van der Waals surface area contributed by atoms with Crippen molar-refractivity contribution < 1.29 is 4.39 Å². The van der Waals surface area contributed by atoms with Crippen LogP contribution in [0, 0.1) is 12.7 Å². The summed E-state index contributed by atoms with van der Waals surface area (Å²) in [5.74, 6) is 0.373. The van der Waals surface area contributed by atoms with Gasteiger partial charge in [0.25, 0.3) is 0 Å². The maximum Gasteiger partial charge on any atom is 0.148 e. The van der Waals surface area contributed by atoms with Crippen molar-refractivity contribution in [3.05, 3.63) is 42.2 Å². The maximum atomic E-state index is 13.1. The first-order valence-corrected chi connectivity index (χ1v) is 4.24. The van der Waals surface area contributed by atoms with Crippen molar-refractivity contribution in [1.29, 1.82) is 0 Å². The highest BCUT2D eigenvalue weighted by atomic mass is 19.1. The van der Waals surface area contributed by atoms with Gasteiger partial charge in [-0.05, 0) is 19.1 Å². The van der Waals surface area contributed by atoms with E-state index in [9.17, 15) is 4.39 Å². The molecule has 0 saturated carbocycles. The molecule has 72 valence electrons. The molecule has 4 heteroatoms.